The van der Waals surface area contributed by atoms with Crippen LogP contribution in [0.15, 0.2) is 17.5 Å². The lowest BCUT2D eigenvalue weighted by atomic mass is 9.95. The Labute approximate surface area is 124 Å². The third-order valence-electron chi connectivity index (χ3n) is 4.23. The highest BCUT2D eigenvalue weighted by Crippen LogP contribution is 2.45. The zero-order valence-corrected chi connectivity index (χ0v) is 13.5. The maximum Gasteiger partial charge on any atom is 0.0483 e. The summed E-state index contributed by atoms with van der Waals surface area (Å²) in [5, 5.41) is 2.24. The molecular formula is C17H22S2. The molecule has 2 heterocycles. The summed E-state index contributed by atoms with van der Waals surface area (Å²) in [5.74, 6) is 0.890. The molecule has 0 amide bonds. The van der Waals surface area contributed by atoms with E-state index >= 15 is 0 Å². The van der Waals surface area contributed by atoms with Gasteiger partial charge in [-0.2, -0.15) is 0 Å². The van der Waals surface area contributed by atoms with E-state index in [1.807, 2.05) is 11.3 Å². The first-order valence-electron chi connectivity index (χ1n) is 7.50. The smallest absolute Gasteiger partial charge is 0.0483 e. The van der Waals surface area contributed by atoms with Crippen molar-refractivity contribution in [1.82, 2.24) is 0 Å². The quantitative estimate of drug-likeness (QED) is 0.511. The zero-order valence-electron chi connectivity index (χ0n) is 11.9. The number of unbranched alkanes of at least 4 members (excludes halogenated alkanes) is 1. The Morgan fingerprint density at radius 3 is 2.89 bits per heavy atom. The zero-order chi connectivity index (χ0) is 13.2. The average molecular weight is 290 g/mol. The molecule has 1 atom stereocenters. The van der Waals surface area contributed by atoms with Crippen molar-refractivity contribution in [1.29, 1.82) is 0 Å². The molecular weight excluding hydrogens is 268 g/mol. The van der Waals surface area contributed by atoms with Crippen molar-refractivity contribution in [2.45, 2.75) is 52.4 Å². The van der Waals surface area contributed by atoms with Crippen LogP contribution in [0.3, 0.4) is 0 Å². The van der Waals surface area contributed by atoms with Crippen LogP contribution in [-0.2, 0) is 12.8 Å². The summed E-state index contributed by atoms with van der Waals surface area (Å²) in [6, 6.07) is 4.78. The number of hydrogen-bond donors (Lipinski definition) is 0. The first-order valence-corrected chi connectivity index (χ1v) is 9.19. The van der Waals surface area contributed by atoms with E-state index in [1.54, 1.807) is 25.8 Å². The largest absolute Gasteiger partial charge is 0.143 e. The Bertz CT molecular complexity index is 547. The van der Waals surface area contributed by atoms with Gasteiger partial charge in [0.1, 0.15) is 0 Å². The monoisotopic (exact) mass is 290 g/mol. The number of rotatable bonds is 6. The first kappa shape index (κ1) is 13.4. The molecule has 1 unspecified atom stereocenters. The van der Waals surface area contributed by atoms with Crippen molar-refractivity contribution >= 4 is 22.7 Å². The van der Waals surface area contributed by atoms with Gasteiger partial charge in [0.15, 0.2) is 0 Å². The van der Waals surface area contributed by atoms with Crippen LogP contribution in [0.5, 0.6) is 0 Å². The van der Waals surface area contributed by atoms with Crippen molar-refractivity contribution in [3.63, 3.8) is 0 Å². The average Bonchev–Trinajstić information content (AvgIpc) is 3.06. The van der Waals surface area contributed by atoms with Crippen LogP contribution in [0.4, 0.5) is 0 Å². The highest BCUT2D eigenvalue weighted by atomic mass is 32.1. The van der Waals surface area contributed by atoms with Crippen LogP contribution in [-0.4, -0.2) is 0 Å². The fourth-order valence-corrected chi connectivity index (χ4v) is 5.45. The molecule has 0 fully saturated rings. The normalized spacial score (nSPS) is 14.4. The summed E-state index contributed by atoms with van der Waals surface area (Å²) in [6.07, 6.45) is 7.92. The summed E-state index contributed by atoms with van der Waals surface area (Å²) >= 11 is 3.97. The highest BCUT2D eigenvalue weighted by molar-refractivity contribution is 7.21. The summed E-state index contributed by atoms with van der Waals surface area (Å²) in [5.41, 5.74) is 3.14. The van der Waals surface area contributed by atoms with Gasteiger partial charge in [0, 0.05) is 21.1 Å². The highest BCUT2D eigenvalue weighted by Gasteiger charge is 2.23. The van der Waals surface area contributed by atoms with E-state index < -0.39 is 0 Å². The number of hydrogen-bond acceptors (Lipinski definition) is 2. The van der Waals surface area contributed by atoms with E-state index in [0.717, 1.165) is 5.92 Å². The molecule has 19 heavy (non-hydrogen) atoms. The molecule has 0 radical (unpaired) electrons. The SMILES string of the molecule is CCCCC(CC)Cc1cc2c(s1)-c1sccc1C2. The van der Waals surface area contributed by atoms with Gasteiger partial charge >= 0.3 is 0 Å². The molecule has 2 heteroatoms. The third kappa shape index (κ3) is 2.66. The third-order valence-corrected chi connectivity index (χ3v) is 6.55. The Balaban J connectivity index is 1.73. The minimum Gasteiger partial charge on any atom is -0.143 e. The van der Waals surface area contributed by atoms with Gasteiger partial charge in [-0.15, -0.1) is 22.7 Å². The molecule has 0 nitrogen and oxygen atoms in total. The van der Waals surface area contributed by atoms with Crippen LogP contribution >= 0.6 is 22.7 Å². The summed E-state index contributed by atoms with van der Waals surface area (Å²) in [7, 11) is 0. The van der Waals surface area contributed by atoms with Gasteiger partial charge < -0.3 is 0 Å². The lowest BCUT2D eigenvalue weighted by molar-refractivity contribution is 0.452. The van der Waals surface area contributed by atoms with Crippen LogP contribution in [0, 0.1) is 5.92 Å². The van der Waals surface area contributed by atoms with Crippen molar-refractivity contribution in [3.8, 4) is 9.75 Å². The Hall–Kier alpha value is -0.600. The number of fused-ring (bicyclic) bond motifs is 3. The van der Waals surface area contributed by atoms with Crippen LogP contribution < -0.4 is 0 Å². The van der Waals surface area contributed by atoms with E-state index in [9.17, 15) is 0 Å². The molecule has 0 N–H and O–H groups in total. The first-order chi connectivity index (χ1) is 9.31. The van der Waals surface area contributed by atoms with E-state index in [4.69, 9.17) is 0 Å². The lowest BCUT2D eigenvalue weighted by Crippen LogP contribution is -2.01. The van der Waals surface area contributed by atoms with E-state index in [1.165, 1.54) is 38.5 Å². The second kappa shape index (κ2) is 5.80. The van der Waals surface area contributed by atoms with Gasteiger partial charge in [-0.05, 0) is 41.0 Å². The maximum absolute atomic E-state index is 2.49. The Kier molecular flexibility index (Phi) is 4.09. The fraction of sp³-hybridized carbons (Fsp3) is 0.529. The molecule has 1 aliphatic rings. The minimum absolute atomic E-state index is 0.890. The van der Waals surface area contributed by atoms with Gasteiger partial charge in [-0.3, -0.25) is 0 Å². The maximum atomic E-state index is 2.49. The Morgan fingerprint density at radius 2 is 2.11 bits per heavy atom. The topological polar surface area (TPSA) is 0 Å². The van der Waals surface area contributed by atoms with Gasteiger partial charge in [0.2, 0.25) is 0 Å². The second-order valence-corrected chi connectivity index (χ2v) is 7.69. The lowest BCUT2D eigenvalue weighted by Gasteiger charge is -2.12. The van der Waals surface area contributed by atoms with Gasteiger partial charge in [0.25, 0.3) is 0 Å². The summed E-state index contributed by atoms with van der Waals surface area (Å²) in [4.78, 5) is 4.74. The molecule has 102 valence electrons. The standard InChI is InChI=1S/C17H22S2/c1-3-5-6-12(4-2)9-15-11-14-10-13-7-8-18-16(13)17(14)19-15/h7-8,11-12H,3-6,9-10H2,1-2H3. The van der Waals surface area contributed by atoms with Crippen LogP contribution in [0.25, 0.3) is 9.75 Å². The van der Waals surface area contributed by atoms with E-state index in [2.05, 4.69) is 42.7 Å². The molecule has 0 saturated carbocycles. The molecule has 1 aliphatic carbocycles. The predicted octanol–water partition coefficient (Wildman–Crippen LogP) is 6.14. The van der Waals surface area contributed by atoms with Crippen LogP contribution in [0.2, 0.25) is 0 Å². The molecule has 0 aliphatic heterocycles. The van der Waals surface area contributed by atoms with Crippen molar-refractivity contribution in [3.05, 3.63) is 33.5 Å². The van der Waals surface area contributed by atoms with Crippen molar-refractivity contribution in [2.75, 3.05) is 0 Å². The molecule has 0 spiro atoms. The minimum atomic E-state index is 0.890. The molecule has 0 aromatic carbocycles. The number of thiophene rings is 2. The van der Waals surface area contributed by atoms with E-state index in [0.29, 0.717) is 0 Å². The van der Waals surface area contributed by atoms with Crippen molar-refractivity contribution in [2.24, 2.45) is 5.92 Å². The Morgan fingerprint density at radius 1 is 1.21 bits per heavy atom. The van der Waals surface area contributed by atoms with Crippen molar-refractivity contribution < 1.29 is 0 Å². The second-order valence-electron chi connectivity index (χ2n) is 5.64. The molecule has 2 aromatic rings. The van der Waals surface area contributed by atoms with Gasteiger partial charge in [-0.1, -0.05) is 39.5 Å². The van der Waals surface area contributed by atoms with Gasteiger partial charge in [-0.25, -0.2) is 0 Å². The fourth-order valence-electron chi connectivity index (χ4n) is 3.02. The summed E-state index contributed by atoms with van der Waals surface area (Å²) in [6.45, 7) is 4.64. The molecule has 2 aromatic heterocycles. The summed E-state index contributed by atoms with van der Waals surface area (Å²) < 4.78 is 0. The predicted molar refractivity (Wildman–Crippen MR) is 87.4 cm³/mol. The van der Waals surface area contributed by atoms with E-state index in [-0.39, 0.29) is 0 Å². The van der Waals surface area contributed by atoms with Crippen LogP contribution in [0.1, 0.15) is 55.5 Å². The van der Waals surface area contributed by atoms with Gasteiger partial charge in [0.05, 0.1) is 0 Å². The molecule has 0 saturated heterocycles. The molecule has 3 rings (SSSR count). The molecule has 0 bridgehead atoms.